The van der Waals surface area contributed by atoms with Crippen LogP contribution in [0.15, 0.2) is 42.5 Å². The van der Waals surface area contributed by atoms with E-state index >= 15 is 0 Å². The molecule has 24 heavy (non-hydrogen) atoms. The van der Waals surface area contributed by atoms with Crippen molar-refractivity contribution in [1.29, 1.82) is 0 Å². The predicted octanol–water partition coefficient (Wildman–Crippen LogP) is -1.56. The Hall–Kier alpha value is -1.51. The van der Waals surface area contributed by atoms with Gasteiger partial charge in [0.05, 0.1) is 5.97 Å². The number of nitrogens with zero attached hydrogens (tertiary/aromatic N) is 2. The van der Waals surface area contributed by atoms with Gasteiger partial charge in [-0.2, -0.15) is 4.98 Å². The van der Waals surface area contributed by atoms with Gasteiger partial charge in [-0.05, 0) is 35.9 Å². The molecule has 3 aromatic rings. The maximum Gasteiger partial charge on any atom is 1.00 e. The van der Waals surface area contributed by atoms with Crippen molar-refractivity contribution in [3.05, 3.63) is 48.2 Å². The maximum absolute atomic E-state index is 10.5. The van der Waals surface area contributed by atoms with Gasteiger partial charge >= 0.3 is 51.4 Å². The largest absolute Gasteiger partial charge is 1.00 e. The molecule has 3 rings (SSSR count). The number of phenols is 1. The molecule has 1 N–H and O–H groups in total. The third kappa shape index (κ3) is 4.52. The Morgan fingerprint density at radius 3 is 2.58 bits per heavy atom. The van der Waals surface area contributed by atoms with Crippen molar-refractivity contribution in [2.24, 2.45) is 0 Å². The number of fused-ring (bicyclic) bond motifs is 1. The van der Waals surface area contributed by atoms with E-state index < -0.39 is 12.6 Å². The number of ether oxygens (including phenoxy) is 1. The average Bonchev–Trinajstić information content (AvgIpc) is 2.52. The molecule has 1 heterocycles. The van der Waals surface area contributed by atoms with Gasteiger partial charge in [-0.25, -0.2) is 4.98 Å². The van der Waals surface area contributed by atoms with Crippen LogP contribution in [0.2, 0.25) is 0 Å². The number of aryl methyl sites for hydroxylation is 1. The minimum absolute atomic E-state index is 0. The van der Waals surface area contributed by atoms with E-state index in [2.05, 4.69) is 9.97 Å². The molecule has 0 bridgehead atoms. The van der Waals surface area contributed by atoms with Crippen LogP contribution in [0.3, 0.4) is 0 Å². The molecule has 1 aromatic heterocycles. The maximum atomic E-state index is 10.5. The zero-order valence-corrected chi connectivity index (χ0v) is 16.4. The van der Waals surface area contributed by atoms with Gasteiger partial charge in [0.15, 0.2) is 5.82 Å². The molecule has 0 spiro atoms. The summed E-state index contributed by atoms with van der Waals surface area (Å²) in [6, 6.07) is 12.2. The second kappa shape index (κ2) is 8.04. The molecule has 0 unspecified atom stereocenters. The van der Waals surface area contributed by atoms with Crippen molar-refractivity contribution in [1.82, 2.24) is 9.97 Å². The molecule has 0 fully saturated rings. The van der Waals surface area contributed by atoms with Gasteiger partial charge in [-0.15, -0.1) is 0 Å². The molecule has 0 saturated heterocycles. The Morgan fingerprint density at radius 1 is 1.12 bits per heavy atom. The summed E-state index contributed by atoms with van der Waals surface area (Å²) >= 11 is 0. The van der Waals surface area contributed by atoms with Crippen molar-refractivity contribution in [2.45, 2.75) is 6.92 Å². The molecule has 0 amide bonds. The van der Waals surface area contributed by atoms with Crippen LogP contribution in [0.4, 0.5) is 0 Å². The van der Waals surface area contributed by atoms with E-state index in [-0.39, 0.29) is 63.0 Å². The number of carbonyl (C=O) groups is 1. The Kier molecular flexibility index (Phi) is 6.31. The molecule has 0 aliphatic carbocycles. The van der Waals surface area contributed by atoms with Crippen molar-refractivity contribution >= 4 is 16.7 Å². The Labute approximate surface area is 180 Å². The average molecular weight is 348 g/mol. The topological polar surface area (TPSA) is 95.4 Å². The number of carbonyl (C=O) groups excluding carboxylic acids is 1. The van der Waals surface area contributed by atoms with E-state index in [1.165, 1.54) is 0 Å². The predicted molar refractivity (Wildman–Crippen MR) is 81.9 cm³/mol. The van der Waals surface area contributed by atoms with E-state index in [4.69, 9.17) is 4.74 Å². The summed E-state index contributed by atoms with van der Waals surface area (Å²) in [5, 5.41) is 21.8. The molecule has 0 aliphatic heterocycles. The van der Waals surface area contributed by atoms with Crippen LogP contribution < -0.4 is 61.2 Å². The molecule has 0 saturated carbocycles. The van der Waals surface area contributed by atoms with Gasteiger partial charge in [-0.1, -0.05) is 18.2 Å². The summed E-state index contributed by atoms with van der Waals surface area (Å²) in [4.78, 5) is 19.1. The van der Waals surface area contributed by atoms with E-state index in [0.29, 0.717) is 11.5 Å². The molecule has 0 aliphatic rings. The Morgan fingerprint density at radius 2 is 1.83 bits per heavy atom. The van der Waals surface area contributed by atoms with Gasteiger partial charge < -0.3 is 19.7 Å². The number of aromatic hydroxyl groups is 1. The number of aliphatic carboxylic acids is 1. The van der Waals surface area contributed by atoms with E-state index in [1.807, 2.05) is 18.2 Å². The zero-order chi connectivity index (χ0) is 16.4. The summed E-state index contributed by atoms with van der Waals surface area (Å²) in [5.41, 5.74) is 1.43. The normalized spacial score (nSPS) is 10.2. The van der Waals surface area contributed by atoms with Crippen molar-refractivity contribution in [2.75, 3.05) is 6.61 Å². The first-order valence-electron chi connectivity index (χ1n) is 6.93. The fourth-order valence-corrected chi connectivity index (χ4v) is 2.25. The first-order chi connectivity index (χ1) is 11.0. The SMILES string of the molecule is Cc1cc(OCC(=O)[O-])nc(-c2ccc3cc(O)ccc3c2)n1.[K+]. The minimum Gasteiger partial charge on any atom is -0.546 e. The van der Waals surface area contributed by atoms with Crippen molar-refractivity contribution in [3.8, 4) is 23.0 Å². The van der Waals surface area contributed by atoms with Gasteiger partial charge in [0.25, 0.3) is 0 Å². The molecule has 0 radical (unpaired) electrons. The number of phenolic OH excluding ortho intramolecular Hbond substituents is 1. The van der Waals surface area contributed by atoms with Crippen molar-refractivity contribution in [3.63, 3.8) is 0 Å². The van der Waals surface area contributed by atoms with Gasteiger partial charge in [0, 0.05) is 17.3 Å². The Bertz CT molecular complexity index is 899. The molecular weight excluding hydrogens is 335 g/mol. The number of carboxylic acids is 1. The van der Waals surface area contributed by atoms with Crippen LogP contribution in [-0.2, 0) is 4.79 Å². The van der Waals surface area contributed by atoms with Crippen LogP contribution in [0.1, 0.15) is 5.69 Å². The summed E-state index contributed by atoms with van der Waals surface area (Å²) < 4.78 is 5.07. The molecule has 6 nitrogen and oxygen atoms in total. The minimum atomic E-state index is -1.31. The van der Waals surface area contributed by atoms with Crippen LogP contribution >= 0.6 is 0 Å². The zero-order valence-electron chi connectivity index (χ0n) is 13.3. The number of benzene rings is 2. The number of aromatic nitrogens is 2. The summed E-state index contributed by atoms with van der Waals surface area (Å²) in [6.45, 7) is 1.21. The van der Waals surface area contributed by atoms with Gasteiger partial charge in [-0.3, -0.25) is 0 Å². The van der Waals surface area contributed by atoms with Crippen LogP contribution in [0, 0.1) is 6.92 Å². The fourth-order valence-electron chi connectivity index (χ4n) is 2.25. The number of hydrogen-bond acceptors (Lipinski definition) is 6. The summed E-state index contributed by atoms with van der Waals surface area (Å²) in [6.07, 6.45) is 0. The second-order valence-electron chi connectivity index (χ2n) is 5.08. The van der Waals surface area contributed by atoms with E-state index in [1.54, 1.807) is 31.2 Å². The monoisotopic (exact) mass is 348 g/mol. The van der Waals surface area contributed by atoms with Crippen LogP contribution in [0.5, 0.6) is 11.6 Å². The van der Waals surface area contributed by atoms with Crippen LogP contribution in [-0.4, -0.2) is 27.7 Å². The molecule has 2 aromatic carbocycles. The first-order valence-corrected chi connectivity index (χ1v) is 6.93. The number of rotatable bonds is 4. The van der Waals surface area contributed by atoms with E-state index in [0.717, 1.165) is 16.3 Å². The summed E-state index contributed by atoms with van der Waals surface area (Å²) in [5.74, 6) is -0.487. The third-order valence-electron chi connectivity index (χ3n) is 3.25. The Balaban J connectivity index is 0.00000208. The quantitative estimate of drug-likeness (QED) is 0.573. The van der Waals surface area contributed by atoms with Crippen molar-refractivity contribution < 1.29 is 71.1 Å². The first kappa shape index (κ1) is 18.8. The number of hydrogen-bond donors (Lipinski definition) is 1. The van der Waals surface area contributed by atoms with Gasteiger partial charge in [0.1, 0.15) is 12.4 Å². The number of carboxylic acid groups (broad SMARTS) is 1. The standard InChI is InChI=1S/C17H14N2O4.K/c1-10-6-15(23-9-16(21)22)19-17(18-10)13-3-2-12-8-14(20)5-4-11(12)7-13;/h2-8,20H,9H2,1H3,(H,21,22);/q;+1/p-1. The van der Waals surface area contributed by atoms with E-state index in [9.17, 15) is 15.0 Å². The van der Waals surface area contributed by atoms with Gasteiger partial charge in [0.2, 0.25) is 5.88 Å². The molecule has 0 atom stereocenters. The third-order valence-corrected chi connectivity index (χ3v) is 3.25. The molecule has 116 valence electrons. The summed E-state index contributed by atoms with van der Waals surface area (Å²) in [7, 11) is 0. The second-order valence-corrected chi connectivity index (χ2v) is 5.08. The molecular formula is C17H13KN2O4. The smallest absolute Gasteiger partial charge is 0.546 e. The fraction of sp³-hybridized carbons (Fsp3) is 0.118. The van der Waals surface area contributed by atoms with Crippen LogP contribution in [0.25, 0.3) is 22.2 Å². The molecule has 7 heteroatoms.